The highest BCUT2D eigenvalue weighted by atomic mass is 16.7. The molecule has 0 aromatic carbocycles. The van der Waals surface area contributed by atoms with Crippen molar-refractivity contribution >= 4 is 11.9 Å². The van der Waals surface area contributed by atoms with Crippen molar-refractivity contribution in [3.63, 3.8) is 0 Å². The van der Waals surface area contributed by atoms with E-state index >= 15 is 0 Å². The van der Waals surface area contributed by atoms with Crippen LogP contribution in [0.3, 0.4) is 0 Å². The van der Waals surface area contributed by atoms with Crippen molar-refractivity contribution in [1.29, 1.82) is 0 Å². The molecule has 2 aliphatic heterocycles. The molecule has 18 heavy (non-hydrogen) atoms. The first-order valence-corrected chi connectivity index (χ1v) is 6.11. The Balaban J connectivity index is 2.06. The maximum Gasteiger partial charge on any atom is 0.328 e. The molecule has 2 aliphatic rings. The van der Waals surface area contributed by atoms with Crippen LogP contribution in [0.2, 0.25) is 0 Å². The van der Waals surface area contributed by atoms with Crippen LogP contribution in [-0.4, -0.2) is 55.0 Å². The van der Waals surface area contributed by atoms with E-state index in [2.05, 4.69) is 0 Å². The zero-order valence-corrected chi connectivity index (χ0v) is 11.0. The topological polar surface area (TPSA) is 65.1 Å². The molecule has 1 atom stereocenters. The van der Waals surface area contributed by atoms with E-state index < -0.39 is 11.8 Å². The molecule has 1 amide bonds. The second-order valence-corrected chi connectivity index (χ2v) is 5.05. The van der Waals surface area contributed by atoms with Gasteiger partial charge < -0.3 is 19.1 Å². The predicted octanol–water partition coefficient (Wildman–Crippen LogP) is 0.302. The van der Waals surface area contributed by atoms with Crippen LogP contribution in [0.5, 0.6) is 0 Å². The molecule has 2 heterocycles. The monoisotopic (exact) mass is 257 g/mol. The van der Waals surface area contributed by atoms with Crippen LogP contribution in [0.25, 0.3) is 0 Å². The number of hydrogen-bond acceptors (Lipinski definition) is 5. The summed E-state index contributed by atoms with van der Waals surface area (Å²) < 4.78 is 15.8. The number of carbonyl (C=O) groups is 2. The molecule has 0 spiro atoms. The molecule has 0 aliphatic carbocycles. The van der Waals surface area contributed by atoms with Gasteiger partial charge in [0.2, 0.25) is 5.91 Å². The molecule has 2 rings (SSSR count). The van der Waals surface area contributed by atoms with Crippen LogP contribution in [0.4, 0.5) is 0 Å². The molecular weight excluding hydrogens is 238 g/mol. The molecule has 2 fully saturated rings. The Kier molecular flexibility index (Phi) is 3.59. The summed E-state index contributed by atoms with van der Waals surface area (Å²) in [5, 5.41) is 0. The number of carbonyl (C=O) groups excluding carboxylic acids is 2. The summed E-state index contributed by atoms with van der Waals surface area (Å²) >= 11 is 0. The van der Waals surface area contributed by atoms with Crippen LogP contribution in [-0.2, 0) is 23.8 Å². The maximum atomic E-state index is 11.9. The molecular formula is C12H19NO5. The number of amides is 1. The summed E-state index contributed by atoms with van der Waals surface area (Å²) in [6, 6.07) is -0.710. The van der Waals surface area contributed by atoms with Gasteiger partial charge in [0, 0.05) is 6.42 Å². The first-order valence-electron chi connectivity index (χ1n) is 6.11. The Hall–Kier alpha value is -1.14. The van der Waals surface area contributed by atoms with E-state index in [1.807, 2.05) is 13.8 Å². The largest absolute Gasteiger partial charge is 0.467 e. The lowest BCUT2D eigenvalue weighted by atomic mass is 10.2. The van der Waals surface area contributed by atoms with Gasteiger partial charge in [-0.25, -0.2) is 4.79 Å². The number of esters is 1. The van der Waals surface area contributed by atoms with Gasteiger partial charge in [-0.05, 0) is 20.3 Å². The number of likely N-dealkylation sites (tertiary alicyclic amines) is 1. The summed E-state index contributed by atoms with van der Waals surface area (Å²) in [5.41, 5.74) is 0. The highest BCUT2D eigenvalue weighted by molar-refractivity contribution is 5.88. The van der Waals surface area contributed by atoms with Gasteiger partial charge in [0.05, 0.1) is 26.4 Å². The van der Waals surface area contributed by atoms with E-state index in [1.54, 1.807) is 4.90 Å². The zero-order valence-electron chi connectivity index (χ0n) is 11.0. The molecule has 0 aromatic rings. The smallest absolute Gasteiger partial charge is 0.328 e. The summed E-state index contributed by atoms with van der Waals surface area (Å²) in [5.74, 6) is -1.03. The molecule has 0 radical (unpaired) electrons. The van der Waals surface area contributed by atoms with E-state index in [0.29, 0.717) is 26.1 Å². The Bertz CT molecular complexity index is 344. The SMILES string of the molecule is COC(=O)C1CCC(=O)N1C1COC(C)(C)OC1. The maximum absolute atomic E-state index is 11.9. The number of ether oxygens (including phenoxy) is 3. The average Bonchev–Trinajstić information content (AvgIpc) is 2.70. The van der Waals surface area contributed by atoms with Gasteiger partial charge in [0.25, 0.3) is 0 Å². The summed E-state index contributed by atoms with van der Waals surface area (Å²) in [4.78, 5) is 25.1. The third kappa shape index (κ3) is 2.49. The molecule has 0 N–H and O–H groups in total. The van der Waals surface area contributed by atoms with E-state index in [4.69, 9.17) is 14.2 Å². The minimum atomic E-state index is -0.625. The van der Waals surface area contributed by atoms with Crippen molar-refractivity contribution in [1.82, 2.24) is 4.90 Å². The van der Waals surface area contributed by atoms with Crippen LogP contribution < -0.4 is 0 Å². The second-order valence-electron chi connectivity index (χ2n) is 5.05. The molecule has 2 saturated heterocycles. The molecule has 0 saturated carbocycles. The third-order valence-corrected chi connectivity index (χ3v) is 3.37. The van der Waals surface area contributed by atoms with Crippen molar-refractivity contribution in [3.8, 4) is 0 Å². The highest BCUT2D eigenvalue weighted by Gasteiger charge is 2.43. The van der Waals surface area contributed by atoms with Gasteiger partial charge in [-0.2, -0.15) is 0 Å². The van der Waals surface area contributed by atoms with Crippen LogP contribution in [0.1, 0.15) is 26.7 Å². The molecule has 6 nitrogen and oxygen atoms in total. The fourth-order valence-electron chi connectivity index (χ4n) is 2.37. The van der Waals surface area contributed by atoms with E-state index in [0.717, 1.165) is 0 Å². The lowest BCUT2D eigenvalue weighted by Crippen LogP contribution is -2.55. The molecule has 102 valence electrons. The first-order chi connectivity index (χ1) is 8.44. The predicted molar refractivity (Wildman–Crippen MR) is 61.7 cm³/mol. The van der Waals surface area contributed by atoms with Gasteiger partial charge >= 0.3 is 5.97 Å². The van der Waals surface area contributed by atoms with Crippen molar-refractivity contribution in [2.75, 3.05) is 20.3 Å². The summed E-state index contributed by atoms with van der Waals surface area (Å²) in [7, 11) is 1.33. The van der Waals surface area contributed by atoms with Gasteiger partial charge in [0.15, 0.2) is 5.79 Å². The Morgan fingerprint density at radius 3 is 2.56 bits per heavy atom. The molecule has 6 heteroatoms. The summed E-state index contributed by atoms with van der Waals surface area (Å²) in [6.07, 6.45) is 0.880. The Morgan fingerprint density at radius 1 is 1.39 bits per heavy atom. The zero-order chi connectivity index (χ0) is 13.3. The Morgan fingerprint density at radius 2 is 2.00 bits per heavy atom. The van der Waals surface area contributed by atoms with E-state index in [-0.39, 0.29) is 17.9 Å². The summed E-state index contributed by atoms with van der Waals surface area (Å²) in [6.45, 7) is 4.41. The minimum Gasteiger partial charge on any atom is -0.467 e. The fraction of sp³-hybridized carbons (Fsp3) is 0.833. The second kappa shape index (κ2) is 4.85. The standard InChI is InChI=1S/C12H19NO5/c1-12(2)17-6-8(7-18-12)13-9(11(15)16-3)4-5-10(13)14/h8-9H,4-7H2,1-3H3. The quantitative estimate of drug-likeness (QED) is 0.666. The van der Waals surface area contributed by atoms with Crippen LogP contribution >= 0.6 is 0 Å². The molecule has 1 unspecified atom stereocenters. The lowest BCUT2D eigenvalue weighted by Gasteiger charge is -2.40. The van der Waals surface area contributed by atoms with Gasteiger partial charge in [-0.1, -0.05) is 0 Å². The normalized spacial score (nSPS) is 28.5. The van der Waals surface area contributed by atoms with Crippen molar-refractivity contribution in [2.45, 2.75) is 44.6 Å². The number of hydrogen-bond donors (Lipinski definition) is 0. The average molecular weight is 257 g/mol. The fourth-order valence-corrected chi connectivity index (χ4v) is 2.37. The minimum absolute atomic E-state index is 0.0395. The molecule has 0 bridgehead atoms. The molecule has 0 aromatic heterocycles. The van der Waals surface area contributed by atoms with Gasteiger partial charge in [-0.15, -0.1) is 0 Å². The van der Waals surface area contributed by atoms with Gasteiger partial charge in [-0.3, -0.25) is 4.79 Å². The lowest BCUT2D eigenvalue weighted by molar-refractivity contribution is -0.263. The highest BCUT2D eigenvalue weighted by Crippen LogP contribution is 2.27. The van der Waals surface area contributed by atoms with Crippen molar-refractivity contribution in [3.05, 3.63) is 0 Å². The van der Waals surface area contributed by atoms with Crippen LogP contribution in [0, 0.1) is 0 Å². The van der Waals surface area contributed by atoms with Gasteiger partial charge in [0.1, 0.15) is 6.04 Å². The Labute approximate surface area is 106 Å². The third-order valence-electron chi connectivity index (χ3n) is 3.37. The number of rotatable bonds is 2. The number of nitrogens with zero attached hydrogens (tertiary/aromatic N) is 1. The van der Waals surface area contributed by atoms with E-state index in [1.165, 1.54) is 7.11 Å². The van der Waals surface area contributed by atoms with Crippen LogP contribution in [0.15, 0.2) is 0 Å². The first kappa shape index (κ1) is 13.3. The van der Waals surface area contributed by atoms with Crippen molar-refractivity contribution < 1.29 is 23.8 Å². The van der Waals surface area contributed by atoms with E-state index in [9.17, 15) is 9.59 Å². The van der Waals surface area contributed by atoms with Crippen molar-refractivity contribution in [2.24, 2.45) is 0 Å². The number of methoxy groups -OCH3 is 1.